The topological polar surface area (TPSA) is 56.5 Å². The van der Waals surface area contributed by atoms with Crippen LogP contribution >= 0.6 is 0 Å². The summed E-state index contributed by atoms with van der Waals surface area (Å²) in [5.41, 5.74) is 0.383. The molecule has 0 N–H and O–H groups in total. The van der Waals surface area contributed by atoms with E-state index in [0.29, 0.717) is 41.4 Å². The number of carbonyl (C=O) groups is 1. The molecule has 42 heavy (non-hydrogen) atoms. The average Bonchev–Trinajstić information content (AvgIpc) is 3.02. The maximum atomic E-state index is 13.8. The molecule has 0 amide bonds. The summed E-state index contributed by atoms with van der Waals surface area (Å²) in [5, 5.41) is 0. The molecule has 0 aliphatic heterocycles. The first-order valence-electron chi connectivity index (χ1n) is 18.3. The van der Waals surface area contributed by atoms with Crippen LogP contribution in [0, 0.1) is 23.7 Å². The van der Waals surface area contributed by atoms with E-state index >= 15 is 0 Å². The smallest absolute Gasteiger partial charge is 0.343 e. The molecule has 0 bridgehead atoms. The van der Waals surface area contributed by atoms with Gasteiger partial charge in [-0.25, -0.2) is 4.79 Å². The minimum absolute atomic E-state index is 0.0946. The molecule has 4 nitrogen and oxygen atoms in total. The fourth-order valence-corrected chi connectivity index (χ4v) is 8.37. The third kappa shape index (κ3) is 10.3. The van der Waals surface area contributed by atoms with Crippen LogP contribution in [0.3, 0.4) is 0 Å². The number of carbonyl (C=O) groups excluding carboxylic acids is 1. The lowest BCUT2D eigenvalue weighted by Crippen LogP contribution is -2.26. The minimum atomic E-state index is -0.255. The van der Waals surface area contributed by atoms with E-state index in [-0.39, 0.29) is 23.4 Å². The van der Waals surface area contributed by atoms with Gasteiger partial charge in [-0.3, -0.25) is 4.79 Å². The molecule has 1 aromatic heterocycles. The van der Waals surface area contributed by atoms with Gasteiger partial charge in [-0.15, -0.1) is 0 Å². The van der Waals surface area contributed by atoms with Gasteiger partial charge in [-0.2, -0.15) is 0 Å². The van der Waals surface area contributed by atoms with Gasteiger partial charge < -0.3 is 9.15 Å². The Balaban J connectivity index is 0.00000155. The molecule has 3 aliphatic rings. The summed E-state index contributed by atoms with van der Waals surface area (Å²) >= 11 is 0. The van der Waals surface area contributed by atoms with Crippen molar-refractivity contribution in [3.05, 3.63) is 27.8 Å². The third-order valence-corrected chi connectivity index (χ3v) is 10.7. The molecule has 0 aromatic carbocycles. The highest BCUT2D eigenvalue weighted by Gasteiger charge is 2.33. The Morgan fingerprint density at radius 2 is 1.33 bits per heavy atom. The van der Waals surface area contributed by atoms with Crippen molar-refractivity contribution in [2.45, 2.75) is 181 Å². The van der Waals surface area contributed by atoms with E-state index in [1.54, 1.807) is 0 Å². The van der Waals surface area contributed by atoms with Crippen LogP contribution in [0.2, 0.25) is 0 Å². The molecule has 0 spiro atoms. The second-order valence-electron chi connectivity index (χ2n) is 13.9. The normalized spacial score (nSPS) is 21.2. The van der Waals surface area contributed by atoms with E-state index in [4.69, 9.17) is 9.15 Å². The van der Waals surface area contributed by atoms with Crippen LogP contribution < -0.4 is 10.4 Å². The fourth-order valence-electron chi connectivity index (χ4n) is 8.37. The van der Waals surface area contributed by atoms with E-state index in [2.05, 4.69) is 34.6 Å². The van der Waals surface area contributed by atoms with Crippen LogP contribution in [-0.4, -0.2) is 5.97 Å². The zero-order chi connectivity index (χ0) is 30.3. The molecule has 0 saturated heterocycles. The van der Waals surface area contributed by atoms with E-state index in [1.165, 1.54) is 89.9 Å². The van der Waals surface area contributed by atoms with E-state index in [1.807, 2.05) is 6.07 Å². The van der Waals surface area contributed by atoms with E-state index in [9.17, 15) is 9.59 Å². The summed E-state index contributed by atoms with van der Waals surface area (Å²) in [7, 11) is 0. The highest BCUT2D eigenvalue weighted by atomic mass is 16.5. The lowest BCUT2D eigenvalue weighted by Gasteiger charge is -2.31. The van der Waals surface area contributed by atoms with Crippen LogP contribution in [0.4, 0.5) is 0 Å². The highest BCUT2D eigenvalue weighted by molar-refractivity contribution is 5.73. The molecule has 2 unspecified atom stereocenters. The summed E-state index contributed by atoms with van der Waals surface area (Å²) < 4.78 is 12.4. The van der Waals surface area contributed by atoms with Crippen molar-refractivity contribution < 1.29 is 13.9 Å². The molecule has 1 heterocycles. The quantitative estimate of drug-likeness (QED) is 0.229. The second kappa shape index (κ2) is 18.9. The maximum absolute atomic E-state index is 13.8. The van der Waals surface area contributed by atoms with Crippen molar-refractivity contribution in [3.63, 3.8) is 0 Å². The molecule has 3 fully saturated rings. The predicted octanol–water partition coefficient (Wildman–Crippen LogP) is 11.5. The average molecular weight is 585 g/mol. The van der Waals surface area contributed by atoms with Crippen molar-refractivity contribution in [1.82, 2.24) is 0 Å². The number of hydrogen-bond acceptors (Lipinski definition) is 4. The Labute approximate surface area is 258 Å². The lowest BCUT2D eigenvalue weighted by molar-refractivity contribution is -0.136. The van der Waals surface area contributed by atoms with Gasteiger partial charge in [0.05, 0.1) is 5.56 Å². The van der Waals surface area contributed by atoms with Crippen LogP contribution in [0.5, 0.6) is 5.75 Å². The van der Waals surface area contributed by atoms with Crippen LogP contribution in [0.1, 0.15) is 193 Å². The Hall–Kier alpha value is -1.58. The Bertz CT molecular complexity index is 946. The molecule has 3 saturated carbocycles. The van der Waals surface area contributed by atoms with E-state index < -0.39 is 0 Å². The summed E-state index contributed by atoms with van der Waals surface area (Å²) in [6.07, 6.45) is 24.5. The monoisotopic (exact) mass is 584 g/mol. The van der Waals surface area contributed by atoms with Gasteiger partial charge in [0.2, 0.25) is 0 Å². The second-order valence-corrected chi connectivity index (χ2v) is 13.9. The van der Waals surface area contributed by atoms with Crippen LogP contribution in [-0.2, 0) is 4.79 Å². The Morgan fingerprint density at radius 3 is 1.86 bits per heavy atom. The van der Waals surface area contributed by atoms with Gasteiger partial charge in [0.15, 0.2) is 0 Å². The summed E-state index contributed by atoms with van der Waals surface area (Å²) in [5.74, 6) is 3.54. The van der Waals surface area contributed by atoms with Crippen molar-refractivity contribution in [2.75, 3.05) is 0 Å². The largest absolute Gasteiger partial charge is 0.427 e. The molecule has 3 atom stereocenters. The standard InChI is InChI=1S/C35H56O4.C3H8/c1-4-26(28-18-12-8-13-19-28)23-33(36)38-32-24-31(27(5-2)22-25-16-10-7-11-17-25)39-35(37)34(32)30(6-3)29-20-14-9-15-21-29;1-3-2/h24-30H,4-23H2,1-3H3;3H2,1-2H3/t26?,27?,30-;/m1./s1. The molecular formula is C38H64O4. The van der Waals surface area contributed by atoms with Gasteiger partial charge in [0, 0.05) is 18.4 Å². The first-order chi connectivity index (χ1) is 20.4. The summed E-state index contributed by atoms with van der Waals surface area (Å²) in [6, 6.07) is 1.97. The zero-order valence-electron chi connectivity index (χ0n) is 28.0. The number of rotatable bonds is 12. The van der Waals surface area contributed by atoms with Gasteiger partial charge in [0.1, 0.15) is 11.5 Å². The molecule has 3 aliphatic carbocycles. The van der Waals surface area contributed by atoms with E-state index in [0.717, 1.165) is 44.3 Å². The van der Waals surface area contributed by atoms with Crippen molar-refractivity contribution >= 4 is 5.97 Å². The number of ether oxygens (including phenoxy) is 1. The molecular weight excluding hydrogens is 520 g/mol. The van der Waals surface area contributed by atoms with Crippen LogP contribution in [0.25, 0.3) is 0 Å². The SMILES string of the molecule is CCC.CCC(CC1CCCCC1)c1cc(OC(=O)CC(CC)C2CCCCC2)c([C@H](CC)C2CCCCC2)c(=O)o1. The maximum Gasteiger partial charge on any atom is 0.343 e. The highest BCUT2D eigenvalue weighted by Crippen LogP contribution is 2.42. The van der Waals surface area contributed by atoms with Crippen molar-refractivity contribution in [1.29, 1.82) is 0 Å². The molecule has 1 aromatic rings. The van der Waals surface area contributed by atoms with Crippen molar-refractivity contribution in [2.24, 2.45) is 23.7 Å². The minimum Gasteiger partial charge on any atom is -0.427 e. The van der Waals surface area contributed by atoms with Gasteiger partial charge in [-0.1, -0.05) is 131 Å². The molecule has 4 heteroatoms. The first kappa shape index (κ1) is 34.9. The molecule has 240 valence electrons. The number of hydrogen-bond donors (Lipinski definition) is 0. The third-order valence-electron chi connectivity index (χ3n) is 10.7. The van der Waals surface area contributed by atoms with Crippen LogP contribution in [0.15, 0.2) is 15.3 Å². The Kier molecular flexibility index (Phi) is 15.7. The van der Waals surface area contributed by atoms with Gasteiger partial charge in [-0.05, 0) is 61.7 Å². The molecule has 0 radical (unpaired) electrons. The van der Waals surface area contributed by atoms with Gasteiger partial charge in [0.25, 0.3) is 0 Å². The number of esters is 1. The predicted molar refractivity (Wildman–Crippen MR) is 175 cm³/mol. The first-order valence-corrected chi connectivity index (χ1v) is 18.3. The fraction of sp³-hybridized carbons (Fsp3) is 0.842. The van der Waals surface area contributed by atoms with Crippen molar-refractivity contribution in [3.8, 4) is 5.75 Å². The Morgan fingerprint density at radius 1 is 0.786 bits per heavy atom. The van der Waals surface area contributed by atoms with Gasteiger partial charge >= 0.3 is 11.6 Å². The summed E-state index contributed by atoms with van der Waals surface area (Å²) in [4.78, 5) is 27.3. The zero-order valence-corrected chi connectivity index (χ0v) is 28.0. The lowest BCUT2D eigenvalue weighted by atomic mass is 9.75. The molecule has 4 rings (SSSR count). The summed E-state index contributed by atoms with van der Waals surface area (Å²) in [6.45, 7) is 10.8.